The van der Waals surface area contributed by atoms with Gasteiger partial charge in [-0.05, 0) is 39.0 Å². The number of rotatable bonds is 18. The third-order valence-corrected chi connectivity index (χ3v) is 4.44. The highest BCUT2D eigenvalue weighted by atomic mass is 16.5. The van der Waals surface area contributed by atoms with Crippen molar-refractivity contribution in [2.45, 2.75) is 116 Å². The van der Waals surface area contributed by atoms with E-state index in [1.165, 1.54) is 57.8 Å². The Kier molecular flexibility index (Phi) is 17.5. The monoisotopic (exact) mass is 368 g/mol. The van der Waals surface area contributed by atoms with Crippen molar-refractivity contribution in [3.8, 4) is 0 Å². The Bertz CT molecular complexity index is 376. The smallest absolute Gasteiger partial charge is 0.307 e. The van der Waals surface area contributed by atoms with Crippen LogP contribution in [0, 0.1) is 0 Å². The molecule has 4 nitrogen and oxygen atoms in total. The number of allylic oxidation sites excluding steroid dienone is 2. The molecule has 0 aromatic carbocycles. The zero-order chi connectivity index (χ0) is 19.5. The summed E-state index contributed by atoms with van der Waals surface area (Å²) < 4.78 is 5.05. The highest BCUT2D eigenvalue weighted by Gasteiger charge is 2.12. The molecule has 0 aromatic rings. The van der Waals surface area contributed by atoms with E-state index in [9.17, 15) is 9.59 Å². The molecule has 0 aliphatic rings. The summed E-state index contributed by atoms with van der Waals surface area (Å²) >= 11 is 0. The first kappa shape index (κ1) is 24.7. The number of carbonyl (C=O) groups excluding carboxylic acids is 1. The zero-order valence-electron chi connectivity index (χ0n) is 17.0. The van der Waals surface area contributed by atoms with E-state index in [4.69, 9.17) is 9.84 Å². The van der Waals surface area contributed by atoms with Gasteiger partial charge in [0.15, 0.2) is 0 Å². The maximum Gasteiger partial charge on any atom is 0.307 e. The van der Waals surface area contributed by atoms with Gasteiger partial charge in [-0.25, -0.2) is 0 Å². The second-order valence-electron chi connectivity index (χ2n) is 7.23. The lowest BCUT2D eigenvalue weighted by Gasteiger charge is -2.10. The van der Waals surface area contributed by atoms with Crippen LogP contribution in [-0.2, 0) is 14.3 Å². The molecule has 4 heteroatoms. The second-order valence-corrected chi connectivity index (χ2v) is 7.23. The molecule has 0 bridgehead atoms. The quantitative estimate of drug-likeness (QED) is 0.172. The molecule has 0 fully saturated rings. The van der Waals surface area contributed by atoms with Crippen LogP contribution in [0.15, 0.2) is 12.2 Å². The lowest BCUT2D eigenvalue weighted by molar-refractivity contribution is -0.151. The van der Waals surface area contributed by atoms with Crippen LogP contribution in [0.1, 0.15) is 110 Å². The summed E-state index contributed by atoms with van der Waals surface area (Å²) in [5.74, 6) is -1.22. The van der Waals surface area contributed by atoms with Gasteiger partial charge in [0, 0.05) is 6.42 Å². The summed E-state index contributed by atoms with van der Waals surface area (Å²) in [6.07, 6.45) is 20.3. The summed E-state index contributed by atoms with van der Waals surface area (Å²) in [6.45, 7) is 3.87. The van der Waals surface area contributed by atoms with Gasteiger partial charge in [0.1, 0.15) is 6.10 Å². The van der Waals surface area contributed by atoms with Crippen LogP contribution in [0.25, 0.3) is 0 Å². The van der Waals surface area contributed by atoms with Crippen LogP contribution in [0.5, 0.6) is 0 Å². The minimum absolute atomic E-state index is 0.127. The highest BCUT2D eigenvalue weighted by Crippen LogP contribution is 2.10. The topological polar surface area (TPSA) is 63.6 Å². The largest absolute Gasteiger partial charge is 0.481 e. The number of aliphatic carboxylic acids is 1. The minimum atomic E-state index is -0.939. The Morgan fingerprint density at radius 1 is 0.846 bits per heavy atom. The Balaban J connectivity index is 3.31. The second kappa shape index (κ2) is 18.5. The van der Waals surface area contributed by atoms with E-state index < -0.39 is 12.1 Å². The number of esters is 1. The van der Waals surface area contributed by atoms with Gasteiger partial charge in [0.05, 0.1) is 6.42 Å². The molecule has 1 unspecified atom stereocenters. The van der Waals surface area contributed by atoms with Crippen LogP contribution in [0.2, 0.25) is 0 Å². The summed E-state index contributed by atoms with van der Waals surface area (Å²) in [6, 6.07) is 0. The number of carboxylic acid groups (broad SMARTS) is 1. The van der Waals surface area contributed by atoms with Crippen molar-refractivity contribution < 1.29 is 19.4 Å². The molecule has 0 heterocycles. The van der Waals surface area contributed by atoms with Crippen molar-refractivity contribution in [2.24, 2.45) is 0 Å². The summed E-state index contributed by atoms with van der Waals surface area (Å²) in [4.78, 5) is 22.0. The molecule has 0 rings (SSSR count). The Labute approximate surface area is 160 Å². The molecule has 0 saturated heterocycles. The lowest BCUT2D eigenvalue weighted by Crippen LogP contribution is -2.18. The lowest BCUT2D eigenvalue weighted by atomic mass is 10.1. The predicted octanol–water partition coefficient (Wildman–Crippen LogP) is 6.43. The van der Waals surface area contributed by atoms with Gasteiger partial charge >= 0.3 is 11.9 Å². The van der Waals surface area contributed by atoms with E-state index in [0.717, 1.165) is 25.7 Å². The molecule has 0 amide bonds. The van der Waals surface area contributed by atoms with Crippen molar-refractivity contribution in [1.29, 1.82) is 0 Å². The molecular formula is C22H40O4. The fraction of sp³-hybridized carbons (Fsp3) is 0.818. The average Bonchev–Trinajstić information content (AvgIpc) is 2.57. The van der Waals surface area contributed by atoms with Crippen molar-refractivity contribution in [1.82, 2.24) is 0 Å². The minimum Gasteiger partial charge on any atom is -0.481 e. The molecule has 0 saturated carbocycles. The van der Waals surface area contributed by atoms with E-state index in [-0.39, 0.29) is 12.4 Å². The fourth-order valence-electron chi connectivity index (χ4n) is 2.91. The van der Waals surface area contributed by atoms with E-state index in [1.54, 1.807) is 6.92 Å². The molecule has 0 radical (unpaired) electrons. The standard InChI is InChI=1S/C22H40O4/c1-3-4-5-6-7-8-9-10-11-12-13-14-15-16-17-18-22(25)26-20(2)19-21(23)24/h10-11,20H,3-9,12-19H2,1-2H3,(H,23,24)/b11-10-. The first-order valence-electron chi connectivity index (χ1n) is 10.6. The van der Waals surface area contributed by atoms with Gasteiger partial charge in [-0.15, -0.1) is 0 Å². The van der Waals surface area contributed by atoms with Gasteiger partial charge in [0.2, 0.25) is 0 Å². The van der Waals surface area contributed by atoms with Crippen molar-refractivity contribution in [3.63, 3.8) is 0 Å². The third-order valence-electron chi connectivity index (χ3n) is 4.44. The predicted molar refractivity (Wildman–Crippen MR) is 107 cm³/mol. The van der Waals surface area contributed by atoms with E-state index in [0.29, 0.717) is 6.42 Å². The number of carboxylic acids is 1. The Morgan fingerprint density at radius 3 is 1.88 bits per heavy atom. The molecular weight excluding hydrogens is 328 g/mol. The Hall–Kier alpha value is -1.32. The zero-order valence-corrected chi connectivity index (χ0v) is 17.0. The number of ether oxygens (including phenoxy) is 1. The Morgan fingerprint density at radius 2 is 1.35 bits per heavy atom. The molecule has 1 N–H and O–H groups in total. The number of unbranched alkanes of at least 4 members (excludes halogenated alkanes) is 11. The normalized spacial score (nSPS) is 12.4. The first-order valence-corrected chi connectivity index (χ1v) is 10.6. The summed E-state index contributed by atoms with van der Waals surface area (Å²) in [5.41, 5.74) is 0. The maximum atomic E-state index is 11.5. The number of hydrogen-bond acceptors (Lipinski definition) is 3. The van der Waals surface area contributed by atoms with Gasteiger partial charge in [-0.1, -0.05) is 70.4 Å². The van der Waals surface area contributed by atoms with Gasteiger partial charge in [-0.2, -0.15) is 0 Å². The molecule has 0 aliphatic carbocycles. The van der Waals surface area contributed by atoms with Crippen molar-refractivity contribution in [2.75, 3.05) is 0 Å². The average molecular weight is 369 g/mol. The molecule has 26 heavy (non-hydrogen) atoms. The molecule has 0 aliphatic heterocycles. The molecule has 152 valence electrons. The van der Waals surface area contributed by atoms with Crippen molar-refractivity contribution >= 4 is 11.9 Å². The van der Waals surface area contributed by atoms with Crippen LogP contribution in [0.4, 0.5) is 0 Å². The van der Waals surface area contributed by atoms with Crippen LogP contribution in [-0.4, -0.2) is 23.1 Å². The van der Waals surface area contributed by atoms with Gasteiger partial charge in [-0.3, -0.25) is 9.59 Å². The van der Waals surface area contributed by atoms with Crippen LogP contribution in [0.3, 0.4) is 0 Å². The molecule has 0 aromatic heterocycles. The van der Waals surface area contributed by atoms with Gasteiger partial charge < -0.3 is 9.84 Å². The van der Waals surface area contributed by atoms with Crippen molar-refractivity contribution in [3.05, 3.63) is 12.2 Å². The van der Waals surface area contributed by atoms with Gasteiger partial charge in [0.25, 0.3) is 0 Å². The van der Waals surface area contributed by atoms with E-state index in [2.05, 4.69) is 19.1 Å². The highest BCUT2D eigenvalue weighted by molar-refractivity contribution is 5.71. The van der Waals surface area contributed by atoms with E-state index in [1.807, 2.05) is 0 Å². The fourth-order valence-corrected chi connectivity index (χ4v) is 2.91. The van der Waals surface area contributed by atoms with Crippen LogP contribution < -0.4 is 0 Å². The van der Waals surface area contributed by atoms with E-state index >= 15 is 0 Å². The first-order chi connectivity index (χ1) is 12.6. The summed E-state index contributed by atoms with van der Waals surface area (Å²) in [5, 5.41) is 8.62. The number of hydrogen-bond donors (Lipinski definition) is 1. The summed E-state index contributed by atoms with van der Waals surface area (Å²) in [7, 11) is 0. The number of carbonyl (C=O) groups is 2. The maximum absolute atomic E-state index is 11.5. The molecule has 1 atom stereocenters. The molecule has 0 spiro atoms. The SMILES string of the molecule is CCCCCCCC/C=C\CCCCCCCC(=O)OC(C)CC(=O)O. The van der Waals surface area contributed by atoms with Crippen LogP contribution >= 0.6 is 0 Å². The third kappa shape index (κ3) is 19.0.